The molecule has 0 aliphatic carbocycles. The summed E-state index contributed by atoms with van der Waals surface area (Å²) in [5.41, 5.74) is 3.37. The van der Waals surface area contributed by atoms with E-state index in [-0.39, 0.29) is 11.4 Å². The van der Waals surface area contributed by atoms with Crippen molar-refractivity contribution in [3.05, 3.63) is 69.4 Å². The number of aromatic nitrogens is 5. The normalized spacial score (nSPS) is 11.0. The molecule has 130 valence electrons. The first kappa shape index (κ1) is 16.1. The summed E-state index contributed by atoms with van der Waals surface area (Å²) < 4.78 is 1.46. The molecule has 3 N–H and O–H groups in total. The Hall–Kier alpha value is -3.39. The van der Waals surface area contributed by atoms with Gasteiger partial charge in [-0.1, -0.05) is 22.9 Å². The molecule has 0 aliphatic heterocycles. The molecular weight excluding hydrogens is 356 g/mol. The number of halogens is 1. The minimum absolute atomic E-state index is 0.159. The van der Waals surface area contributed by atoms with Crippen molar-refractivity contribution in [1.82, 2.24) is 25.0 Å². The van der Waals surface area contributed by atoms with E-state index in [2.05, 4.69) is 25.6 Å². The van der Waals surface area contributed by atoms with Crippen molar-refractivity contribution in [1.29, 1.82) is 0 Å². The second kappa shape index (κ2) is 6.16. The Balaban J connectivity index is 1.61. The SMILES string of the molecule is Cc1ccc(Cl)cc1NC(=O)c1cn(-c2ccc3[nH]c(=O)[nH]c3c2)nn1. The van der Waals surface area contributed by atoms with E-state index in [1.54, 1.807) is 30.3 Å². The van der Waals surface area contributed by atoms with Crippen molar-refractivity contribution in [3.8, 4) is 5.69 Å². The molecule has 8 nitrogen and oxygen atoms in total. The average molecular weight is 369 g/mol. The summed E-state index contributed by atoms with van der Waals surface area (Å²) in [5.74, 6) is -0.391. The third-order valence-corrected chi connectivity index (χ3v) is 4.17. The summed E-state index contributed by atoms with van der Waals surface area (Å²) in [7, 11) is 0. The van der Waals surface area contributed by atoms with E-state index in [1.807, 2.05) is 13.0 Å². The summed E-state index contributed by atoms with van der Waals surface area (Å²) in [4.78, 5) is 29.1. The fraction of sp³-hybridized carbons (Fsp3) is 0.0588. The quantitative estimate of drug-likeness (QED) is 0.516. The van der Waals surface area contributed by atoms with Gasteiger partial charge in [-0.15, -0.1) is 5.10 Å². The lowest BCUT2D eigenvalue weighted by Gasteiger charge is -2.07. The van der Waals surface area contributed by atoms with Gasteiger partial charge >= 0.3 is 5.69 Å². The number of hydrogen-bond donors (Lipinski definition) is 3. The van der Waals surface area contributed by atoms with Gasteiger partial charge in [0.25, 0.3) is 5.91 Å². The first-order chi connectivity index (χ1) is 12.5. The van der Waals surface area contributed by atoms with Crippen LogP contribution in [0.4, 0.5) is 5.69 Å². The third-order valence-electron chi connectivity index (χ3n) is 3.94. The Kier molecular flexibility index (Phi) is 3.81. The van der Waals surface area contributed by atoms with Crippen molar-refractivity contribution in [2.75, 3.05) is 5.32 Å². The van der Waals surface area contributed by atoms with Gasteiger partial charge < -0.3 is 15.3 Å². The largest absolute Gasteiger partial charge is 0.323 e. The van der Waals surface area contributed by atoms with Gasteiger partial charge in [0.15, 0.2) is 5.69 Å². The average Bonchev–Trinajstić information content (AvgIpc) is 3.23. The van der Waals surface area contributed by atoms with Crippen LogP contribution in [0.15, 0.2) is 47.4 Å². The van der Waals surface area contributed by atoms with Gasteiger partial charge in [-0.25, -0.2) is 9.48 Å². The molecule has 0 fully saturated rings. The van der Waals surface area contributed by atoms with Crippen molar-refractivity contribution in [3.63, 3.8) is 0 Å². The first-order valence-corrected chi connectivity index (χ1v) is 8.10. The number of carbonyl (C=O) groups excluding carboxylic acids is 1. The lowest BCUT2D eigenvalue weighted by atomic mass is 10.2. The molecule has 0 radical (unpaired) electrons. The number of nitrogens with zero attached hydrogens (tertiary/aromatic N) is 3. The van der Waals surface area contributed by atoms with Crippen molar-refractivity contribution >= 4 is 34.2 Å². The molecule has 2 aromatic heterocycles. The molecule has 1 amide bonds. The van der Waals surface area contributed by atoms with Gasteiger partial charge in [0.05, 0.1) is 22.9 Å². The van der Waals surface area contributed by atoms with Crippen molar-refractivity contribution < 1.29 is 4.79 Å². The summed E-state index contributed by atoms with van der Waals surface area (Å²) >= 11 is 5.97. The van der Waals surface area contributed by atoms with Crippen molar-refractivity contribution in [2.45, 2.75) is 6.92 Å². The first-order valence-electron chi connectivity index (χ1n) is 7.72. The number of anilines is 1. The van der Waals surface area contributed by atoms with Crippen molar-refractivity contribution in [2.24, 2.45) is 0 Å². The molecule has 0 atom stereocenters. The number of carbonyl (C=O) groups is 1. The maximum Gasteiger partial charge on any atom is 0.323 e. The van der Waals surface area contributed by atoms with E-state index < -0.39 is 5.91 Å². The van der Waals surface area contributed by atoms with Gasteiger partial charge in [0.2, 0.25) is 0 Å². The Morgan fingerprint density at radius 3 is 2.81 bits per heavy atom. The summed E-state index contributed by atoms with van der Waals surface area (Å²) in [6.07, 6.45) is 1.52. The zero-order valence-electron chi connectivity index (χ0n) is 13.6. The maximum absolute atomic E-state index is 12.4. The molecule has 9 heteroatoms. The number of benzene rings is 2. The predicted molar refractivity (Wildman–Crippen MR) is 98.0 cm³/mol. The van der Waals surface area contributed by atoms with Gasteiger partial charge in [0, 0.05) is 10.7 Å². The van der Waals surface area contributed by atoms with Gasteiger partial charge in [-0.05, 0) is 42.8 Å². The van der Waals surface area contributed by atoms with Gasteiger partial charge in [-0.2, -0.15) is 0 Å². The van der Waals surface area contributed by atoms with Crippen LogP contribution in [0.25, 0.3) is 16.7 Å². The lowest BCUT2D eigenvalue weighted by Crippen LogP contribution is -2.13. The van der Waals surface area contributed by atoms with Crippen LogP contribution in [-0.4, -0.2) is 30.9 Å². The van der Waals surface area contributed by atoms with Gasteiger partial charge in [-0.3, -0.25) is 4.79 Å². The molecule has 2 heterocycles. The number of hydrogen-bond acceptors (Lipinski definition) is 4. The van der Waals surface area contributed by atoms with Crippen LogP contribution in [0.3, 0.4) is 0 Å². The highest BCUT2D eigenvalue weighted by molar-refractivity contribution is 6.31. The minimum atomic E-state index is -0.391. The number of nitrogens with one attached hydrogen (secondary N) is 3. The van der Waals surface area contributed by atoms with E-state index in [9.17, 15) is 9.59 Å². The number of aromatic amines is 2. The Bertz CT molecular complexity index is 1190. The number of amides is 1. The number of rotatable bonds is 3. The van der Waals surface area contributed by atoms with Crippen LogP contribution >= 0.6 is 11.6 Å². The van der Waals surface area contributed by atoms with E-state index in [1.165, 1.54) is 10.9 Å². The van der Waals surface area contributed by atoms with Crippen LogP contribution < -0.4 is 11.0 Å². The molecule has 0 spiro atoms. The molecule has 4 aromatic rings. The summed E-state index contributed by atoms with van der Waals surface area (Å²) in [5, 5.41) is 11.2. The van der Waals surface area contributed by atoms with E-state index in [4.69, 9.17) is 11.6 Å². The topological polar surface area (TPSA) is 108 Å². The van der Waals surface area contributed by atoms with Crippen LogP contribution in [0.5, 0.6) is 0 Å². The second-order valence-electron chi connectivity index (χ2n) is 5.77. The lowest BCUT2D eigenvalue weighted by molar-refractivity contribution is 0.102. The second-order valence-corrected chi connectivity index (χ2v) is 6.21. The fourth-order valence-electron chi connectivity index (χ4n) is 2.57. The van der Waals surface area contributed by atoms with E-state index >= 15 is 0 Å². The number of aryl methyl sites for hydroxylation is 1. The molecule has 0 bridgehead atoms. The Morgan fingerprint density at radius 1 is 1.15 bits per heavy atom. The minimum Gasteiger partial charge on any atom is -0.320 e. The highest BCUT2D eigenvalue weighted by Gasteiger charge is 2.13. The zero-order valence-corrected chi connectivity index (χ0v) is 14.3. The highest BCUT2D eigenvalue weighted by atomic mass is 35.5. The molecule has 4 rings (SSSR count). The van der Waals surface area contributed by atoms with Crippen LogP contribution in [0.1, 0.15) is 16.1 Å². The van der Waals surface area contributed by atoms with Gasteiger partial charge in [0.1, 0.15) is 0 Å². The number of imidazole rings is 1. The molecule has 0 saturated heterocycles. The molecular formula is C17H13ClN6O2. The van der Waals surface area contributed by atoms with Crippen LogP contribution in [-0.2, 0) is 0 Å². The molecule has 2 aromatic carbocycles. The molecule has 0 aliphatic rings. The summed E-state index contributed by atoms with van der Waals surface area (Å²) in [6.45, 7) is 1.87. The third kappa shape index (κ3) is 2.98. The predicted octanol–water partition coefficient (Wildman–Crippen LogP) is 2.65. The zero-order chi connectivity index (χ0) is 18.3. The van der Waals surface area contributed by atoms with E-state index in [0.29, 0.717) is 27.4 Å². The number of H-pyrrole nitrogens is 2. The smallest absolute Gasteiger partial charge is 0.320 e. The Morgan fingerprint density at radius 2 is 1.96 bits per heavy atom. The number of fused-ring (bicyclic) bond motifs is 1. The summed E-state index contributed by atoms with van der Waals surface area (Å²) in [6, 6.07) is 10.5. The monoisotopic (exact) mass is 368 g/mol. The van der Waals surface area contributed by atoms with Crippen LogP contribution in [0.2, 0.25) is 5.02 Å². The molecule has 0 saturated carbocycles. The van der Waals surface area contributed by atoms with E-state index in [0.717, 1.165) is 5.56 Å². The highest BCUT2D eigenvalue weighted by Crippen LogP contribution is 2.21. The molecule has 0 unspecified atom stereocenters. The molecule has 26 heavy (non-hydrogen) atoms. The maximum atomic E-state index is 12.4. The van der Waals surface area contributed by atoms with Crippen LogP contribution in [0, 0.1) is 6.92 Å². The fourth-order valence-corrected chi connectivity index (χ4v) is 2.74. The standard InChI is InChI=1S/C17H13ClN6O2/c1-9-2-3-10(18)6-13(9)19-16(25)15-8-24(23-22-15)11-4-5-12-14(7-11)21-17(26)20-12/h2-8H,1H3,(H,19,25)(H2,20,21,26). The Labute approximate surface area is 151 Å².